The van der Waals surface area contributed by atoms with E-state index in [0.717, 1.165) is 18.8 Å². The summed E-state index contributed by atoms with van der Waals surface area (Å²) in [7, 11) is 0. The summed E-state index contributed by atoms with van der Waals surface area (Å²) in [5, 5.41) is 18.2. The van der Waals surface area contributed by atoms with Crippen LogP contribution in [0, 0.1) is 0 Å². The number of thiophene rings is 1. The first-order valence-corrected chi connectivity index (χ1v) is 9.14. The predicted octanol–water partition coefficient (Wildman–Crippen LogP) is 2.18. The molecule has 0 spiro atoms. The second-order valence-corrected chi connectivity index (χ2v) is 6.32. The Hall–Kier alpha value is -2.87. The van der Waals surface area contributed by atoms with Crippen LogP contribution in [0.2, 0.25) is 0 Å². The molecule has 8 heteroatoms. The molecule has 0 radical (unpaired) electrons. The number of nitrogens with zero attached hydrogens (tertiary/aromatic N) is 2. The molecule has 138 valence electrons. The Morgan fingerprint density at radius 3 is 2.65 bits per heavy atom. The maximum atomic E-state index is 11.7. The van der Waals surface area contributed by atoms with Gasteiger partial charge >= 0.3 is 0 Å². The molecule has 0 bridgehead atoms. The molecule has 0 saturated heterocycles. The fraction of sp³-hybridized carbons (Fsp3) is 0.278. The lowest BCUT2D eigenvalue weighted by Crippen LogP contribution is -2.34. The Balaban J connectivity index is 1.85. The molecule has 26 heavy (non-hydrogen) atoms. The molecule has 2 rings (SSSR count). The molecular formula is C18H22N4O3S. The average molecular weight is 374 g/mol. The van der Waals surface area contributed by atoms with Gasteiger partial charge in [0.2, 0.25) is 0 Å². The molecule has 0 aliphatic rings. The maximum Gasteiger partial charge on any atom is 0.261 e. The van der Waals surface area contributed by atoms with Gasteiger partial charge in [-0.15, -0.1) is 11.3 Å². The van der Waals surface area contributed by atoms with Crippen molar-refractivity contribution in [1.82, 2.24) is 10.7 Å². The van der Waals surface area contributed by atoms with E-state index in [1.54, 1.807) is 29.6 Å². The highest BCUT2D eigenvalue weighted by atomic mass is 32.1. The first-order chi connectivity index (χ1) is 12.5. The lowest BCUT2D eigenvalue weighted by molar-refractivity contribution is -0.120. The highest BCUT2D eigenvalue weighted by molar-refractivity contribution is 7.12. The smallest absolute Gasteiger partial charge is 0.261 e. The summed E-state index contributed by atoms with van der Waals surface area (Å²) in [6.07, 6.45) is 1.36. The van der Waals surface area contributed by atoms with Crippen LogP contribution >= 0.6 is 11.3 Å². The van der Waals surface area contributed by atoms with Crippen LogP contribution in [0.1, 0.15) is 29.1 Å². The second-order valence-electron chi connectivity index (χ2n) is 5.37. The van der Waals surface area contributed by atoms with Crippen molar-refractivity contribution in [1.29, 1.82) is 0 Å². The van der Waals surface area contributed by atoms with Crippen LogP contribution in [0.15, 0.2) is 40.8 Å². The zero-order valence-corrected chi connectivity index (χ0v) is 15.5. The largest absolute Gasteiger partial charge is 0.507 e. The van der Waals surface area contributed by atoms with Crippen molar-refractivity contribution in [2.45, 2.75) is 13.8 Å². The summed E-state index contributed by atoms with van der Waals surface area (Å²) in [6, 6.07) is 8.73. The Labute approximate surface area is 156 Å². The molecule has 0 fully saturated rings. The third-order valence-corrected chi connectivity index (χ3v) is 4.56. The van der Waals surface area contributed by atoms with Crippen LogP contribution in [0.4, 0.5) is 5.69 Å². The van der Waals surface area contributed by atoms with E-state index in [2.05, 4.69) is 20.7 Å². The summed E-state index contributed by atoms with van der Waals surface area (Å²) < 4.78 is 0. The summed E-state index contributed by atoms with van der Waals surface area (Å²) in [4.78, 5) is 26.1. The van der Waals surface area contributed by atoms with E-state index in [0.29, 0.717) is 10.4 Å². The summed E-state index contributed by atoms with van der Waals surface area (Å²) in [5.74, 6) is -0.674. The fourth-order valence-electron chi connectivity index (χ4n) is 2.30. The minimum atomic E-state index is -0.453. The normalized spacial score (nSPS) is 10.7. The summed E-state index contributed by atoms with van der Waals surface area (Å²) >= 11 is 1.30. The minimum Gasteiger partial charge on any atom is -0.507 e. The molecule has 1 aromatic heterocycles. The first kappa shape index (κ1) is 19.5. The van der Waals surface area contributed by atoms with Crippen molar-refractivity contribution in [3.05, 3.63) is 46.2 Å². The Morgan fingerprint density at radius 1 is 1.27 bits per heavy atom. The topological polar surface area (TPSA) is 94.0 Å². The first-order valence-electron chi connectivity index (χ1n) is 8.26. The molecular weight excluding hydrogens is 352 g/mol. The Kier molecular flexibility index (Phi) is 7.16. The minimum absolute atomic E-state index is 0.0818. The lowest BCUT2D eigenvalue weighted by atomic mass is 10.2. The molecule has 0 unspecified atom stereocenters. The van der Waals surface area contributed by atoms with Crippen molar-refractivity contribution < 1.29 is 14.7 Å². The molecule has 2 amide bonds. The van der Waals surface area contributed by atoms with Crippen LogP contribution in [0.25, 0.3) is 0 Å². The van der Waals surface area contributed by atoms with Gasteiger partial charge in [0.25, 0.3) is 11.8 Å². The number of rotatable bonds is 8. The number of carbonyl (C=O) groups excluding carboxylic acids is 2. The van der Waals surface area contributed by atoms with Gasteiger partial charge in [-0.2, -0.15) is 5.10 Å². The van der Waals surface area contributed by atoms with Gasteiger partial charge in [0.15, 0.2) is 0 Å². The Morgan fingerprint density at radius 2 is 2.04 bits per heavy atom. The van der Waals surface area contributed by atoms with Gasteiger partial charge in [-0.05, 0) is 37.4 Å². The van der Waals surface area contributed by atoms with E-state index in [1.165, 1.54) is 17.6 Å². The van der Waals surface area contributed by atoms with Crippen molar-refractivity contribution in [3.63, 3.8) is 0 Å². The maximum absolute atomic E-state index is 11.7. The van der Waals surface area contributed by atoms with E-state index in [1.807, 2.05) is 19.9 Å². The van der Waals surface area contributed by atoms with Crippen molar-refractivity contribution in [2.24, 2.45) is 5.10 Å². The van der Waals surface area contributed by atoms with E-state index in [9.17, 15) is 14.7 Å². The van der Waals surface area contributed by atoms with Gasteiger partial charge in [-0.1, -0.05) is 6.07 Å². The number of phenols is 1. The standard InChI is InChI=1S/C18H22N4O3S/c1-3-22(4-2)14-8-7-13(15(23)10-14)11-20-21-17(24)12-19-18(25)16-6-5-9-26-16/h5-11,23H,3-4,12H2,1-2H3,(H,19,25)(H,21,24). The number of benzene rings is 1. The van der Waals surface area contributed by atoms with Crippen LogP contribution in [-0.2, 0) is 4.79 Å². The van der Waals surface area contributed by atoms with E-state index >= 15 is 0 Å². The molecule has 1 aromatic carbocycles. The average Bonchev–Trinajstić information content (AvgIpc) is 3.17. The van der Waals surface area contributed by atoms with Gasteiger partial charge in [-0.25, -0.2) is 5.43 Å². The fourth-order valence-corrected chi connectivity index (χ4v) is 2.94. The quantitative estimate of drug-likeness (QED) is 0.488. The number of nitrogens with one attached hydrogen (secondary N) is 2. The molecule has 0 saturated carbocycles. The Bertz CT molecular complexity index is 771. The van der Waals surface area contributed by atoms with Gasteiger partial charge in [0, 0.05) is 30.4 Å². The highest BCUT2D eigenvalue weighted by Crippen LogP contribution is 2.23. The lowest BCUT2D eigenvalue weighted by Gasteiger charge is -2.21. The number of hydrogen-bond donors (Lipinski definition) is 3. The van der Waals surface area contributed by atoms with Crippen molar-refractivity contribution in [3.8, 4) is 5.75 Å². The number of phenolic OH excluding ortho intramolecular Hbond substituents is 1. The van der Waals surface area contributed by atoms with Crippen LogP contribution in [0.5, 0.6) is 5.75 Å². The third kappa shape index (κ3) is 5.32. The molecule has 0 aliphatic heterocycles. The van der Waals surface area contributed by atoms with Crippen molar-refractivity contribution >= 4 is 35.1 Å². The van der Waals surface area contributed by atoms with E-state index in [4.69, 9.17) is 0 Å². The molecule has 3 N–H and O–H groups in total. The van der Waals surface area contributed by atoms with Gasteiger partial charge in [0.1, 0.15) is 5.75 Å². The number of hydrogen-bond acceptors (Lipinski definition) is 6. The molecule has 1 heterocycles. The monoisotopic (exact) mass is 374 g/mol. The summed E-state index contributed by atoms with van der Waals surface area (Å²) in [6.45, 7) is 5.60. The van der Waals surface area contributed by atoms with Crippen LogP contribution in [0.3, 0.4) is 0 Å². The number of hydrazone groups is 1. The second kappa shape index (κ2) is 9.57. The van der Waals surface area contributed by atoms with Crippen molar-refractivity contribution in [2.75, 3.05) is 24.5 Å². The van der Waals surface area contributed by atoms with E-state index in [-0.39, 0.29) is 18.2 Å². The van der Waals surface area contributed by atoms with Gasteiger partial charge in [-0.3, -0.25) is 9.59 Å². The van der Waals surface area contributed by atoms with Gasteiger partial charge < -0.3 is 15.3 Å². The number of amides is 2. The van der Waals surface area contributed by atoms with E-state index < -0.39 is 5.91 Å². The molecule has 2 aromatic rings. The number of aromatic hydroxyl groups is 1. The SMILES string of the molecule is CCN(CC)c1ccc(C=NNC(=O)CNC(=O)c2cccs2)c(O)c1. The highest BCUT2D eigenvalue weighted by Gasteiger charge is 2.08. The van der Waals surface area contributed by atoms with Crippen LogP contribution in [-0.4, -0.2) is 42.8 Å². The molecule has 0 aliphatic carbocycles. The van der Waals surface area contributed by atoms with Gasteiger partial charge in [0.05, 0.1) is 17.6 Å². The number of carbonyl (C=O) groups is 2. The van der Waals surface area contributed by atoms with Crippen LogP contribution < -0.4 is 15.6 Å². The number of anilines is 1. The summed E-state index contributed by atoms with van der Waals surface area (Å²) in [5.41, 5.74) is 3.73. The zero-order chi connectivity index (χ0) is 18.9. The zero-order valence-electron chi connectivity index (χ0n) is 14.7. The predicted molar refractivity (Wildman–Crippen MR) is 104 cm³/mol. The molecule has 7 nitrogen and oxygen atoms in total. The third-order valence-electron chi connectivity index (χ3n) is 3.69. The molecule has 0 atom stereocenters.